The number of phenolic OH excluding ortho intramolecular Hbond substituents is 4. The van der Waals surface area contributed by atoms with Crippen molar-refractivity contribution < 1.29 is 229 Å². The van der Waals surface area contributed by atoms with E-state index in [4.69, 9.17) is 0 Å². The van der Waals surface area contributed by atoms with Gasteiger partial charge >= 0.3 is 124 Å². The first-order chi connectivity index (χ1) is 27.8. The average Bonchev–Trinajstić information content (AvgIpc) is 3.13. The Kier molecular flexibility index (Phi) is 24.2. The first-order valence-corrected chi connectivity index (χ1v) is 21.4. The van der Waals surface area contributed by atoms with E-state index in [-0.39, 0.29) is 185 Å². The van der Waals surface area contributed by atoms with Crippen molar-refractivity contribution >= 4 is 102 Å². The number of rotatable bonds is 10. The van der Waals surface area contributed by atoms with Crippen molar-refractivity contribution in [3.63, 3.8) is 0 Å². The van der Waals surface area contributed by atoms with Crippen molar-refractivity contribution in [2.24, 2.45) is 20.5 Å². The molecule has 0 unspecified atom stereocenters. The van der Waals surface area contributed by atoms with Crippen molar-refractivity contribution in [2.45, 2.75) is 19.6 Å². The Morgan fingerprint density at radius 3 is 1.09 bits per heavy atom. The first-order valence-electron chi connectivity index (χ1n) is 15.8. The number of aromatic hydroxyl groups is 4. The molecule has 0 aliphatic rings. The summed E-state index contributed by atoms with van der Waals surface area (Å²) in [5.41, 5.74) is -3.22. The summed E-state index contributed by atoms with van der Waals surface area (Å²) in [5, 5.41) is 60.2. The third-order valence-corrected chi connectivity index (χ3v) is 11.5. The van der Waals surface area contributed by atoms with Gasteiger partial charge in [-0.25, -0.2) is 38.5 Å². The molecular formula is C33H20Cu2N6Na4O17S4. The molecule has 33 heteroatoms. The molecule has 0 aliphatic heterocycles. The Hall–Kier alpha value is -1.81. The molecule has 66 heavy (non-hydrogen) atoms. The van der Waals surface area contributed by atoms with Gasteiger partial charge in [-0.3, -0.25) is 0 Å². The maximum Gasteiger partial charge on any atom is 1.00 e. The van der Waals surface area contributed by atoms with E-state index in [9.17, 15) is 77.1 Å². The van der Waals surface area contributed by atoms with Crippen LogP contribution in [0.1, 0.15) is 0 Å². The van der Waals surface area contributed by atoms with Gasteiger partial charge in [0.25, 0.3) is 0 Å². The molecule has 0 saturated heterocycles. The van der Waals surface area contributed by atoms with E-state index < -0.39 is 112 Å². The summed E-state index contributed by atoms with van der Waals surface area (Å²) in [6, 6.07) is 12.0. The van der Waals surface area contributed by atoms with Crippen molar-refractivity contribution in [1.29, 1.82) is 0 Å². The van der Waals surface area contributed by atoms with Crippen LogP contribution in [-0.2, 0) is 74.6 Å². The molecule has 0 saturated carbocycles. The number of benzene rings is 6. The zero-order chi connectivity index (χ0) is 44.1. The molecular weight excluding hydrogens is 1100 g/mol. The number of anilines is 2. The number of carbonyl (C=O) groups is 1. The van der Waals surface area contributed by atoms with E-state index in [2.05, 4.69) is 31.1 Å². The smallest absolute Gasteiger partial charge is 0.744 e. The van der Waals surface area contributed by atoms with Crippen LogP contribution in [0, 0.1) is 0 Å². The molecule has 2 radical (unpaired) electrons. The van der Waals surface area contributed by atoms with Gasteiger partial charge in [0.05, 0.1) is 19.6 Å². The second-order valence-corrected chi connectivity index (χ2v) is 17.6. The van der Waals surface area contributed by atoms with E-state index >= 15 is 0 Å². The zero-order valence-electron chi connectivity index (χ0n) is 33.7. The van der Waals surface area contributed by atoms with Crippen LogP contribution < -0.4 is 129 Å². The quantitative estimate of drug-likeness (QED) is 0.0422. The predicted octanol–water partition coefficient (Wildman–Crippen LogP) is -7.08. The van der Waals surface area contributed by atoms with Gasteiger partial charge in [0.1, 0.15) is 74.7 Å². The molecule has 2 amide bonds. The molecule has 0 atom stereocenters. The number of nitrogens with one attached hydrogen (secondary N) is 2. The minimum Gasteiger partial charge on any atom is -0.744 e. The molecule has 0 aliphatic carbocycles. The summed E-state index contributed by atoms with van der Waals surface area (Å²) in [4.78, 5) is 9.08. The second-order valence-electron chi connectivity index (χ2n) is 12.1. The summed E-state index contributed by atoms with van der Waals surface area (Å²) in [6.07, 6.45) is 0. The van der Waals surface area contributed by atoms with Gasteiger partial charge in [-0.15, -0.1) is 20.5 Å². The molecule has 0 aromatic heterocycles. The Morgan fingerprint density at radius 2 is 0.788 bits per heavy atom. The van der Waals surface area contributed by atoms with Gasteiger partial charge in [0, 0.05) is 56.3 Å². The fourth-order valence-electron chi connectivity index (χ4n) is 5.41. The largest absolute Gasteiger partial charge is 1.00 e. The van der Waals surface area contributed by atoms with Gasteiger partial charge in [0.15, 0.2) is 11.5 Å². The average molecular weight is 1120 g/mol. The normalized spacial score (nSPS) is 11.6. The molecule has 6 aromatic carbocycles. The fourth-order valence-corrected chi connectivity index (χ4v) is 7.68. The number of phenols is 4. The van der Waals surface area contributed by atoms with Crippen LogP contribution in [0.2, 0.25) is 0 Å². The maximum atomic E-state index is 13.0. The van der Waals surface area contributed by atoms with Crippen LogP contribution >= 0.6 is 0 Å². The summed E-state index contributed by atoms with van der Waals surface area (Å²) < 4.78 is 141. The molecule has 0 fully saturated rings. The molecule has 6 N–H and O–H groups in total. The fraction of sp³-hybridized carbons (Fsp3) is 0. The number of nitrogens with zero attached hydrogens (tertiary/aromatic N) is 4. The molecule has 334 valence electrons. The molecule has 23 nitrogen and oxygen atoms in total. The maximum absolute atomic E-state index is 13.0. The van der Waals surface area contributed by atoms with Crippen LogP contribution in [0.15, 0.2) is 125 Å². The molecule has 0 bridgehead atoms. The minimum atomic E-state index is -5.43. The van der Waals surface area contributed by atoms with E-state index in [0.717, 1.165) is 48.5 Å². The standard InChI is InChI=1S/C33H24N6O17S4.2Cu.4Na/c40-25-7-3-19(57(45,46)47)13-23(25)36-38-29-27(59(51,52)53)11-15-9-17(1-5-21(15)31(29)42)34-33(44)35-18-2-6-22-16(10-18)12-28(60(54,55)56)30(32(22)43)39-37-24-14-20(58(48,49)50)4-8-26(24)41;;;;;;/h1-14,40-43H,(H2,34,35,44)(H,45,46,47)(H,48,49,50)(H,51,52,53)(H,54,55,56);;;;;;/q;;;4*+1/p-4. The Labute approximate surface area is 483 Å². The van der Waals surface area contributed by atoms with Crippen molar-refractivity contribution in [2.75, 3.05) is 10.6 Å². The van der Waals surface area contributed by atoms with Crippen molar-refractivity contribution in [3.05, 3.63) is 84.9 Å². The van der Waals surface area contributed by atoms with E-state index in [1.54, 1.807) is 0 Å². The van der Waals surface area contributed by atoms with Crippen LogP contribution in [0.3, 0.4) is 0 Å². The zero-order valence-corrected chi connectivity index (χ0v) is 46.9. The van der Waals surface area contributed by atoms with E-state index in [1.165, 1.54) is 24.3 Å². The summed E-state index contributed by atoms with van der Waals surface area (Å²) in [7, 11) is -20.9. The van der Waals surface area contributed by atoms with Gasteiger partial charge in [-0.1, -0.05) is 0 Å². The Balaban J connectivity index is 0.00000704. The SMILES string of the molecule is O=C(Nc1ccc2c(O)c(N=Nc3cc(S(=O)(=O)[O-])ccc3O)c(S(=O)(=O)[O-])cc2c1)Nc1ccc2c(O)c(N=Nc3cc(S(=O)(=O)[O-])ccc3O)c(S(=O)(=O)[O-])cc2c1.[Cu].[Cu].[Na+].[Na+].[Na+].[Na+]. The predicted molar refractivity (Wildman–Crippen MR) is 200 cm³/mol. The third-order valence-electron chi connectivity index (χ3n) is 8.14. The summed E-state index contributed by atoms with van der Waals surface area (Å²) in [5.74, 6) is -3.23. The van der Waals surface area contributed by atoms with Crippen LogP contribution in [0.25, 0.3) is 21.5 Å². The summed E-state index contributed by atoms with van der Waals surface area (Å²) >= 11 is 0. The number of hydrogen-bond acceptors (Lipinski definition) is 21. The Morgan fingerprint density at radius 1 is 0.455 bits per heavy atom. The number of azo groups is 2. The molecule has 6 rings (SSSR count). The minimum absolute atomic E-state index is 0. The number of amides is 2. The third kappa shape index (κ3) is 15.1. The molecule has 6 aromatic rings. The number of fused-ring (bicyclic) bond motifs is 2. The van der Waals surface area contributed by atoms with Crippen LogP contribution in [-0.4, -0.2) is 78.3 Å². The van der Waals surface area contributed by atoms with Crippen LogP contribution in [0.4, 0.5) is 38.9 Å². The van der Waals surface area contributed by atoms with Gasteiger partial charge < -0.3 is 49.3 Å². The first kappa shape index (κ1) is 64.2. The van der Waals surface area contributed by atoms with Crippen molar-refractivity contribution in [3.8, 4) is 23.0 Å². The monoisotopic (exact) mass is 1120 g/mol. The molecule has 0 spiro atoms. The topological polar surface area (TPSA) is 400 Å². The summed E-state index contributed by atoms with van der Waals surface area (Å²) in [6.45, 7) is 0. The van der Waals surface area contributed by atoms with Gasteiger partial charge in [-0.05, 0) is 95.7 Å². The molecule has 0 heterocycles. The number of carbonyl (C=O) groups excluding carboxylic acids is 1. The van der Waals surface area contributed by atoms with Crippen LogP contribution in [0.5, 0.6) is 23.0 Å². The van der Waals surface area contributed by atoms with Crippen molar-refractivity contribution in [1.82, 2.24) is 0 Å². The van der Waals surface area contributed by atoms with E-state index in [1.807, 2.05) is 0 Å². The number of hydrogen-bond donors (Lipinski definition) is 6. The van der Waals surface area contributed by atoms with E-state index in [0.29, 0.717) is 12.1 Å². The second kappa shape index (κ2) is 24.8. The van der Waals surface area contributed by atoms with Gasteiger partial charge in [0.2, 0.25) is 0 Å². The number of urea groups is 1. The Bertz CT molecular complexity index is 3160. The van der Waals surface area contributed by atoms with Gasteiger partial charge in [-0.2, -0.15) is 0 Å².